The maximum atomic E-state index is 11.0. The number of nitrogens with two attached hydrogens (primary N) is 2. The molecule has 0 saturated carbocycles. The molecule has 1 amide bonds. The van der Waals surface area contributed by atoms with Crippen LogP contribution in [0.25, 0.3) is 0 Å². The molecule has 9 nitrogen and oxygen atoms in total. The van der Waals surface area contributed by atoms with E-state index in [1.165, 1.54) is 4.67 Å². The highest BCUT2D eigenvalue weighted by Crippen LogP contribution is 2.36. The molecular formula is C8H15N4O5P. The van der Waals surface area contributed by atoms with Gasteiger partial charge in [0.25, 0.3) is 5.91 Å². The molecule has 0 aliphatic carbocycles. The summed E-state index contributed by atoms with van der Waals surface area (Å²) in [5.74, 6) is -0.662. The van der Waals surface area contributed by atoms with E-state index in [2.05, 4.69) is 5.09 Å². The predicted octanol–water partition coefficient (Wildman–Crippen LogP) is -3.55. The minimum absolute atomic E-state index is 0.0473. The molecule has 0 spiro atoms. The second kappa shape index (κ2) is 4.87. The Morgan fingerprint density at radius 1 is 1.50 bits per heavy atom. The van der Waals surface area contributed by atoms with Crippen molar-refractivity contribution in [3.63, 3.8) is 0 Å². The summed E-state index contributed by atoms with van der Waals surface area (Å²) in [6.45, 7) is -0.425. The molecule has 8 N–H and O–H groups in total. The summed E-state index contributed by atoms with van der Waals surface area (Å²) in [4.78, 5) is 11.0. The lowest BCUT2D eigenvalue weighted by Crippen LogP contribution is -2.40. The Bertz CT molecular complexity index is 392. The first-order valence-electron chi connectivity index (χ1n) is 5.20. The SMILES string of the molecule is NC(=O)C1=C(N)N([C@@H]2O[C@H](CO)[C@@H](O)[C@H]2O)PN1. The average molecular weight is 278 g/mol. The van der Waals surface area contributed by atoms with E-state index in [0.717, 1.165) is 0 Å². The molecule has 1 unspecified atom stereocenters. The third-order valence-corrected chi connectivity index (χ3v) is 3.93. The van der Waals surface area contributed by atoms with Crippen molar-refractivity contribution in [1.82, 2.24) is 9.76 Å². The Labute approximate surface area is 104 Å². The number of carbonyl (C=O) groups is 1. The first-order valence-corrected chi connectivity index (χ1v) is 6.15. The molecule has 10 heteroatoms. The van der Waals surface area contributed by atoms with Gasteiger partial charge in [-0.1, -0.05) is 0 Å². The van der Waals surface area contributed by atoms with Crippen molar-refractivity contribution in [3.8, 4) is 0 Å². The summed E-state index contributed by atoms with van der Waals surface area (Å²) in [5, 5.41) is 31.1. The van der Waals surface area contributed by atoms with Crippen molar-refractivity contribution in [3.05, 3.63) is 11.5 Å². The molecule has 0 radical (unpaired) electrons. The number of amides is 1. The van der Waals surface area contributed by atoms with E-state index in [4.69, 9.17) is 21.3 Å². The summed E-state index contributed by atoms with van der Waals surface area (Å²) in [5.41, 5.74) is 10.9. The van der Waals surface area contributed by atoms with Crippen LogP contribution in [0.5, 0.6) is 0 Å². The lowest BCUT2D eigenvalue weighted by Gasteiger charge is -2.27. The summed E-state index contributed by atoms with van der Waals surface area (Å²) >= 11 is 0. The van der Waals surface area contributed by atoms with Gasteiger partial charge in [0.1, 0.15) is 29.8 Å². The zero-order chi connectivity index (χ0) is 13.4. The van der Waals surface area contributed by atoms with Gasteiger partial charge >= 0.3 is 0 Å². The molecule has 0 aromatic carbocycles. The Hall–Kier alpha value is -1.12. The van der Waals surface area contributed by atoms with Gasteiger partial charge < -0.3 is 36.6 Å². The topological polar surface area (TPSA) is 154 Å². The van der Waals surface area contributed by atoms with Crippen LogP contribution in [0.15, 0.2) is 11.5 Å². The van der Waals surface area contributed by atoms with Gasteiger partial charge in [-0.05, 0) is 0 Å². The number of nitrogens with zero attached hydrogens (tertiary/aromatic N) is 1. The quantitative estimate of drug-likeness (QED) is 0.290. The van der Waals surface area contributed by atoms with Crippen molar-refractivity contribution in [1.29, 1.82) is 0 Å². The number of primary amides is 1. The molecule has 18 heavy (non-hydrogen) atoms. The van der Waals surface area contributed by atoms with Crippen LogP contribution in [-0.4, -0.2) is 57.0 Å². The number of nitrogens with one attached hydrogen (secondary N) is 1. The monoisotopic (exact) mass is 278 g/mol. The second-order valence-corrected chi connectivity index (χ2v) is 4.92. The second-order valence-electron chi connectivity index (χ2n) is 3.96. The average Bonchev–Trinajstić information content (AvgIpc) is 2.82. The molecule has 1 saturated heterocycles. The number of aliphatic hydroxyl groups is 3. The first-order chi connectivity index (χ1) is 8.47. The van der Waals surface area contributed by atoms with E-state index in [0.29, 0.717) is 0 Å². The van der Waals surface area contributed by atoms with Gasteiger partial charge in [-0.2, -0.15) is 0 Å². The maximum absolute atomic E-state index is 11.0. The normalized spacial score (nSPS) is 37.4. The summed E-state index contributed by atoms with van der Waals surface area (Å²) in [6, 6.07) is 0. The smallest absolute Gasteiger partial charge is 0.268 e. The van der Waals surface area contributed by atoms with Gasteiger partial charge in [0.15, 0.2) is 6.23 Å². The Morgan fingerprint density at radius 2 is 2.17 bits per heavy atom. The van der Waals surface area contributed by atoms with E-state index in [-0.39, 0.29) is 20.4 Å². The summed E-state index contributed by atoms with van der Waals surface area (Å²) in [6.07, 6.45) is -4.27. The molecule has 2 aliphatic rings. The number of carbonyl (C=O) groups excluding carboxylic acids is 1. The van der Waals surface area contributed by atoms with Gasteiger partial charge in [-0.15, -0.1) is 0 Å². The minimum Gasteiger partial charge on any atom is -0.394 e. The van der Waals surface area contributed by atoms with Crippen LogP contribution in [0.3, 0.4) is 0 Å². The fraction of sp³-hybridized carbons (Fsp3) is 0.625. The van der Waals surface area contributed by atoms with E-state index in [1.807, 2.05) is 0 Å². The first kappa shape index (κ1) is 13.3. The third kappa shape index (κ3) is 2.00. The largest absolute Gasteiger partial charge is 0.394 e. The van der Waals surface area contributed by atoms with Crippen molar-refractivity contribution < 1.29 is 24.9 Å². The van der Waals surface area contributed by atoms with Crippen LogP contribution < -0.4 is 16.6 Å². The van der Waals surface area contributed by atoms with Crippen molar-refractivity contribution in [2.75, 3.05) is 6.61 Å². The van der Waals surface area contributed by atoms with Crippen LogP contribution in [-0.2, 0) is 9.53 Å². The van der Waals surface area contributed by atoms with Gasteiger partial charge in [0.05, 0.1) is 15.5 Å². The molecule has 5 atom stereocenters. The maximum Gasteiger partial charge on any atom is 0.268 e. The van der Waals surface area contributed by atoms with Crippen LogP contribution >= 0.6 is 8.88 Å². The Kier molecular flexibility index (Phi) is 3.60. The fourth-order valence-electron chi connectivity index (χ4n) is 1.84. The van der Waals surface area contributed by atoms with Crippen molar-refractivity contribution in [2.45, 2.75) is 24.5 Å². The number of aliphatic hydroxyl groups excluding tert-OH is 3. The molecule has 0 aromatic heterocycles. The van der Waals surface area contributed by atoms with Gasteiger partial charge in [-0.25, -0.2) is 0 Å². The molecule has 2 rings (SSSR count). The standard InChI is InChI=1S/C8H15N4O5P/c9-6-3(7(10)16)11-18-12(6)8-5(15)4(14)2(1-13)17-8/h2,4-5,8,11,13-15,18H,1,9H2,(H2,10,16)/t2-,4-,5-,8-/m1/s1. The molecule has 2 aliphatic heterocycles. The van der Waals surface area contributed by atoms with E-state index < -0.39 is 37.1 Å². The third-order valence-electron chi connectivity index (χ3n) is 2.84. The number of hydrogen-bond donors (Lipinski definition) is 6. The molecule has 102 valence electrons. The van der Waals surface area contributed by atoms with E-state index in [9.17, 15) is 15.0 Å². The van der Waals surface area contributed by atoms with Crippen LogP contribution in [0.4, 0.5) is 0 Å². The van der Waals surface area contributed by atoms with Crippen molar-refractivity contribution in [2.24, 2.45) is 11.5 Å². The Balaban J connectivity index is 2.17. The number of rotatable bonds is 3. The van der Waals surface area contributed by atoms with Crippen LogP contribution in [0, 0.1) is 0 Å². The lowest BCUT2D eigenvalue weighted by atomic mass is 10.1. The summed E-state index contributed by atoms with van der Waals surface area (Å²) < 4.78 is 6.69. The molecule has 0 aromatic rings. The highest BCUT2D eigenvalue weighted by molar-refractivity contribution is 7.33. The summed E-state index contributed by atoms with van der Waals surface area (Å²) in [7, 11) is -0.140. The minimum atomic E-state index is -1.23. The zero-order valence-electron chi connectivity index (χ0n) is 9.28. The number of hydrogen-bond acceptors (Lipinski definition) is 8. The Morgan fingerprint density at radius 3 is 2.61 bits per heavy atom. The highest BCUT2D eigenvalue weighted by Gasteiger charge is 2.47. The predicted molar refractivity (Wildman–Crippen MR) is 61.5 cm³/mol. The van der Waals surface area contributed by atoms with Gasteiger partial charge in [0.2, 0.25) is 0 Å². The molecule has 2 heterocycles. The van der Waals surface area contributed by atoms with Crippen molar-refractivity contribution >= 4 is 14.8 Å². The van der Waals surface area contributed by atoms with E-state index >= 15 is 0 Å². The number of ether oxygens (including phenoxy) is 1. The molecule has 1 fully saturated rings. The van der Waals surface area contributed by atoms with Gasteiger partial charge in [0, 0.05) is 0 Å². The molecular weight excluding hydrogens is 263 g/mol. The lowest BCUT2D eigenvalue weighted by molar-refractivity contribution is -0.114. The fourth-order valence-corrected chi connectivity index (χ4v) is 2.90. The zero-order valence-corrected chi connectivity index (χ0v) is 10.3. The van der Waals surface area contributed by atoms with Crippen LogP contribution in [0.1, 0.15) is 0 Å². The van der Waals surface area contributed by atoms with Crippen LogP contribution in [0.2, 0.25) is 0 Å². The van der Waals surface area contributed by atoms with Gasteiger partial charge in [-0.3, -0.25) is 9.46 Å². The highest BCUT2D eigenvalue weighted by atomic mass is 31.1. The molecule has 0 bridgehead atoms. The van der Waals surface area contributed by atoms with E-state index in [1.54, 1.807) is 0 Å².